The molecule has 2 aromatic rings. The van der Waals surface area contributed by atoms with Crippen LogP contribution in [0.2, 0.25) is 0 Å². The van der Waals surface area contributed by atoms with Gasteiger partial charge in [0.1, 0.15) is 6.04 Å². The lowest BCUT2D eigenvalue weighted by Gasteiger charge is -2.32. The van der Waals surface area contributed by atoms with Gasteiger partial charge >= 0.3 is 6.03 Å². The van der Waals surface area contributed by atoms with Crippen molar-refractivity contribution in [3.8, 4) is 11.5 Å². The topological polar surface area (TPSA) is 106 Å². The van der Waals surface area contributed by atoms with Gasteiger partial charge in [-0.1, -0.05) is 0 Å². The van der Waals surface area contributed by atoms with Crippen LogP contribution in [0.1, 0.15) is 29.7 Å². The Morgan fingerprint density at radius 2 is 1.93 bits per heavy atom. The molecule has 2 N–H and O–H groups in total. The molecule has 146 valence electrons. The zero-order valence-corrected chi connectivity index (χ0v) is 15.5. The Labute approximate surface area is 161 Å². The van der Waals surface area contributed by atoms with Crippen LogP contribution in [0.3, 0.4) is 0 Å². The maximum absolute atomic E-state index is 12.7. The van der Waals surface area contributed by atoms with Crippen LogP contribution in [0.15, 0.2) is 36.4 Å². The number of carbonyl (C=O) groups is 1. The van der Waals surface area contributed by atoms with Crippen LogP contribution < -0.4 is 20.2 Å². The van der Waals surface area contributed by atoms with Gasteiger partial charge in [0.15, 0.2) is 11.5 Å². The largest absolute Gasteiger partial charge is 0.454 e. The number of urea groups is 1. The molecule has 2 heterocycles. The molecule has 0 spiro atoms. The summed E-state index contributed by atoms with van der Waals surface area (Å²) in [5, 5.41) is 15.2. The third-order valence-electron chi connectivity index (χ3n) is 4.93. The Kier molecular flexibility index (Phi) is 4.52. The molecule has 0 saturated carbocycles. The van der Waals surface area contributed by atoms with Crippen LogP contribution >= 0.6 is 0 Å². The summed E-state index contributed by atoms with van der Waals surface area (Å²) in [6.45, 7) is 2.15. The third-order valence-corrected chi connectivity index (χ3v) is 4.93. The number of rotatable bonds is 2. The number of hydrogen-bond acceptors (Lipinski definition) is 6. The Morgan fingerprint density at radius 3 is 2.57 bits per heavy atom. The van der Waals surface area contributed by atoms with E-state index in [4.69, 9.17) is 9.47 Å². The molecule has 2 atom stereocenters. The molecule has 0 aromatic heterocycles. The van der Waals surface area contributed by atoms with E-state index in [1.807, 2.05) is 19.1 Å². The minimum Gasteiger partial charge on any atom is -0.454 e. The van der Waals surface area contributed by atoms with Crippen LogP contribution in [-0.4, -0.2) is 35.8 Å². The highest BCUT2D eigenvalue weighted by atomic mass is 16.7. The molecule has 0 saturated heterocycles. The van der Waals surface area contributed by atoms with Gasteiger partial charge in [0.2, 0.25) is 6.79 Å². The summed E-state index contributed by atoms with van der Waals surface area (Å²) in [5.41, 5.74) is 5.90. The van der Waals surface area contributed by atoms with Crippen molar-refractivity contribution in [1.82, 2.24) is 15.8 Å². The first-order valence-electron chi connectivity index (χ1n) is 8.92. The van der Waals surface area contributed by atoms with Gasteiger partial charge in [-0.3, -0.25) is 10.1 Å². The highest BCUT2D eigenvalue weighted by Gasteiger charge is 2.34. The number of nitrogens with one attached hydrogen (secondary N) is 2. The van der Waals surface area contributed by atoms with Crippen molar-refractivity contribution in [2.75, 3.05) is 13.8 Å². The molecule has 2 aliphatic heterocycles. The van der Waals surface area contributed by atoms with Crippen LogP contribution in [0.4, 0.5) is 10.5 Å². The van der Waals surface area contributed by atoms with Crippen molar-refractivity contribution < 1.29 is 19.2 Å². The number of fused-ring (bicyclic) bond motifs is 2. The lowest BCUT2D eigenvalue weighted by Crippen LogP contribution is -2.51. The molecule has 9 nitrogen and oxygen atoms in total. The first-order chi connectivity index (χ1) is 13.5. The number of amides is 2. The summed E-state index contributed by atoms with van der Waals surface area (Å²) in [6, 6.07) is 9.25. The Balaban J connectivity index is 1.87. The maximum Gasteiger partial charge on any atom is 0.332 e. The number of carbonyl (C=O) groups excluding carboxylic acids is 1. The summed E-state index contributed by atoms with van der Waals surface area (Å²) in [7, 11) is 1.56. The van der Waals surface area contributed by atoms with Gasteiger partial charge in [0.25, 0.3) is 5.69 Å². The number of nitro benzene ring substituents is 1. The minimum atomic E-state index is -0.491. The summed E-state index contributed by atoms with van der Waals surface area (Å²) >= 11 is 0. The standard InChI is InChI=1S/C19H20N4O5/c1-11-7-13-8-16-17(28-10-27-16)9-15(13)18(22(21-11)19(24)20-2)12-3-5-14(6-4-12)23(25)26/h3-6,8-9,11,18,21H,7,10H2,1-2H3,(H,20,24)/t11-,18?/m1/s1. The fourth-order valence-corrected chi connectivity index (χ4v) is 3.66. The number of hydrogen-bond donors (Lipinski definition) is 2. The third kappa shape index (κ3) is 3.09. The Morgan fingerprint density at radius 1 is 1.25 bits per heavy atom. The Bertz CT molecular complexity index is 931. The number of benzene rings is 2. The molecule has 0 fully saturated rings. The monoisotopic (exact) mass is 384 g/mol. The molecular weight excluding hydrogens is 364 g/mol. The zero-order chi connectivity index (χ0) is 19.8. The molecular formula is C19H20N4O5. The van der Waals surface area contributed by atoms with Crippen LogP contribution in [-0.2, 0) is 6.42 Å². The SMILES string of the molecule is CNC(=O)N1N[C@H](C)Cc2cc3c(cc2C1c1ccc([N+](=O)[O-])cc1)OCO3. The number of nitrogens with zero attached hydrogens (tertiary/aromatic N) is 2. The maximum atomic E-state index is 12.7. The van der Waals surface area contributed by atoms with Gasteiger partial charge in [-0.2, -0.15) is 0 Å². The van der Waals surface area contributed by atoms with E-state index in [9.17, 15) is 14.9 Å². The fourth-order valence-electron chi connectivity index (χ4n) is 3.66. The summed E-state index contributed by atoms with van der Waals surface area (Å²) in [4.78, 5) is 23.2. The average Bonchev–Trinajstić information content (AvgIpc) is 3.08. The predicted octanol–water partition coefficient (Wildman–Crippen LogP) is 2.50. The molecule has 2 aliphatic rings. The van der Waals surface area contributed by atoms with Gasteiger partial charge < -0.3 is 14.8 Å². The molecule has 28 heavy (non-hydrogen) atoms. The summed E-state index contributed by atoms with van der Waals surface area (Å²) in [6.07, 6.45) is 0.683. The van der Waals surface area contributed by atoms with E-state index < -0.39 is 11.0 Å². The Hall–Kier alpha value is -3.33. The first-order valence-corrected chi connectivity index (χ1v) is 8.92. The second-order valence-electron chi connectivity index (χ2n) is 6.81. The van der Waals surface area contributed by atoms with Crippen LogP contribution in [0, 0.1) is 10.1 Å². The highest BCUT2D eigenvalue weighted by molar-refractivity contribution is 5.75. The van der Waals surface area contributed by atoms with Gasteiger partial charge in [-0.05, 0) is 54.3 Å². The molecule has 0 bridgehead atoms. The number of hydrazine groups is 1. The van der Waals surface area contributed by atoms with E-state index in [-0.39, 0.29) is 24.6 Å². The van der Waals surface area contributed by atoms with Crippen LogP contribution in [0.5, 0.6) is 11.5 Å². The van der Waals surface area contributed by atoms with Crippen molar-refractivity contribution in [1.29, 1.82) is 0 Å². The van der Waals surface area contributed by atoms with E-state index >= 15 is 0 Å². The van der Waals surface area contributed by atoms with Gasteiger partial charge in [-0.15, -0.1) is 0 Å². The van der Waals surface area contributed by atoms with Gasteiger partial charge in [0.05, 0.1) is 4.92 Å². The first kappa shape index (κ1) is 18.1. The van der Waals surface area contributed by atoms with E-state index in [0.29, 0.717) is 17.9 Å². The number of ether oxygens (including phenoxy) is 2. The smallest absolute Gasteiger partial charge is 0.332 e. The molecule has 9 heteroatoms. The van der Waals surface area contributed by atoms with Crippen molar-refractivity contribution >= 4 is 11.7 Å². The quantitative estimate of drug-likeness (QED) is 0.609. The van der Waals surface area contributed by atoms with E-state index in [1.165, 1.54) is 17.1 Å². The van der Waals surface area contributed by atoms with Crippen molar-refractivity contribution in [3.63, 3.8) is 0 Å². The van der Waals surface area contributed by atoms with Gasteiger partial charge in [0, 0.05) is 25.2 Å². The zero-order valence-electron chi connectivity index (χ0n) is 15.5. The highest BCUT2D eigenvalue weighted by Crippen LogP contribution is 2.41. The average molecular weight is 384 g/mol. The number of non-ortho nitro benzene ring substituents is 1. The summed E-state index contributed by atoms with van der Waals surface area (Å²) in [5.74, 6) is 1.30. The summed E-state index contributed by atoms with van der Waals surface area (Å²) < 4.78 is 11.0. The van der Waals surface area contributed by atoms with Crippen LogP contribution in [0.25, 0.3) is 0 Å². The lowest BCUT2D eigenvalue weighted by atomic mass is 9.91. The molecule has 2 aromatic carbocycles. The van der Waals surface area contributed by atoms with E-state index in [0.717, 1.165) is 16.7 Å². The number of nitro groups is 1. The fraction of sp³-hybridized carbons (Fsp3) is 0.316. The molecule has 0 aliphatic carbocycles. The minimum absolute atomic E-state index is 0.00361. The molecule has 2 amide bonds. The second kappa shape index (κ2) is 7.01. The molecule has 1 unspecified atom stereocenters. The lowest BCUT2D eigenvalue weighted by molar-refractivity contribution is -0.384. The second-order valence-corrected chi connectivity index (χ2v) is 6.81. The van der Waals surface area contributed by atoms with E-state index in [1.54, 1.807) is 19.2 Å². The molecule has 4 rings (SSSR count). The van der Waals surface area contributed by atoms with E-state index in [2.05, 4.69) is 10.7 Å². The van der Waals surface area contributed by atoms with Crippen molar-refractivity contribution in [2.24, 2.45) is 0 Å². The molecule has 0 radical (unpaired) electrons. The van der Waals surface area contributed by atoms with Crippen molar-refractivity contribution in [3.05, 3.63) is 63.2 Å². The normalized spacial score (nSPS) is 20.3. The van der Waals surface area contributed by atoms with Crippen molar-refractivity contribution in [2.45, 2.75) is 25.4 Å². The predicted molar refractivity (Wildman–Crippen MR) is 100 cm³/mol. The van der Waals surface area contributed by atoms with Gasteiger partial charge in [-0.25, -0.2) is 15.2 Å².